The summed E-state index contributed by atoms with van der Waals surface area (Å²) in [6, 6.07) is 18.0. The molecule has 2 N–H and O–H groups in total. The number of hydrogen-bond donors (Lipinski definition) is 2. The van der Waals surface area contributed by atoms with E-state index in [9.17, 15) is 0 Å². The maximum atomic E-state index is 4.55. The van der Waals surface area contributed by atoms with Crippen LogP contribution >= 0.6 is 15.9 Å². The van der Waals surface area contributed by atoms with E-state index in [2.05, 4.69) is 68.6 Å². The fourth-order valence-corrected chi connectivity index (χ4v) is 2.81. The number of nitrogens with zero attached hydrogens (tertiary/aromatic N) is 2. The molecule has 0 radical (unpaired) electrons. The van der Waals surface area contributed by atoms with E-state index in [1.165, 1.54) is 5.56 Å². The van der Waals surface area contributed by atoms with E-state index >= 15 is 0 Å². The zero-order valence-corrected chi connectivity index (χ0v) is 15.2. The van der Waals surface area contributed by atoms with Gasteiger partial charge in [-0.15, -0.1) is 0 Å². The Hall–Kier alpha value is -2.40. The molecule has 122 valence electrons. The van der Waals surface area contributed by atoms with Crippen LogP contribution in [0.4, 0.5) is 23.1 Å². The van der Waals surface area contributed by atoms with Crippen LogP contribution in [-0.2, 0) is 0 Å². The topological polar surface area (TPSA) is 49.8 Å². The largest absolute Gasteiger partial charge is 0.340 e. The fraction of sp³-hybridized carbons (Fsp3) is 0.158. The van der Waals surface area contributed by atoms with Gasteiger partial charge in [0.2, 0.25) is 5.95 Å². The number of anilines is 4. The van der Waals surface area contributed by atoms with Crippen molar-refractivity contribution in [3.8, 4) is 0 Å². The van der Waals surface area contributed by atoms with Gasteiger partial charge in [0.25, 0.3) is 0 Å². The van der Waals surface area contributed by atoms with Gasteiger partial charge in [-0.1, -0.05) is 44.2 Å². The zero-order valence-electron chi connectivity index (χ0n) is 13.6. The summed E-state index contributed by atoms with van der Waals surface area (Å²) in [5, 5.41) is 6.62. The predicted octanol–water partition coefficient (Wildman–Crippen LogP) is 5.85. The minimum atomic E-state index is 0.438. The number of para-hydroxylation sites is 2. The molecule has 0 aliphatic carbocycles. The van der Waals surface area contributed by atoms with Crippen LogP contribution in [0, 0.1) is 0 Å². The molecule has 0 aliphatic rings. The van der Waals surface area contributed by atoms with Crippen LogP contribution in [0.25, 0.3) is 0 Å². The first kappa shape index (κ1) is 16.5. The molecule has 0 saturated heterocycles. The van der Waals surface area contributed by atoms with Gasteiger partial charge in [-0.3, -0.25) is 0 Å². The van der Waals surface area contributed by atoms with E-state index in [0.717, 1.165) is 21.7 Å². The van der Waals surface area contributed by atoms with Crippen LogP contribution in [-0.4, -0.2) is 9.97 Å². The number of aromatic nitrogens is 2. The highest BCUT2D eigenvalue weighted by molar-refractivity contribution is 9.10. The molecule has 0 saturated carbocycles. The Morgan fingerprint density at radius 2 is 1.58 bits per heavy atom. The molecule has 1 aromatic heterocycles. The van der Waals surface area contributed by atoms with Gasteiger partial charge >= 0.3 is 0 Å². The second kappa shape index (κ2) is 7.45. The molecule has 5 heteroatoms. The molecule has 0 amide bonds. The standard InChI is InChI=1S/C19H19BrN4/c1-13(2)14-7-3-5-9-16(14)22-18-11-12-21-19(24-18)23-17-10-6-4-8-15(17)20/h3-13H,1-2H3,(H2,21,22,23,24). The molecule has 0 fully saturated rings. The summed E-state index contributed by atoms with van der Waals surface area (Å²) in [5.74, 6) is 1.75. The lowest BCUT2D eigenvalue weighted by Gasteiger charge is -2.14. The SMILES string of the molecule is CC(C)c1ccccc1Nc1ccnc(Nc2ccccc2Br)n1. The smallest absolute Gasteiger partial charge is 0.229 e. The van der Waals surface area contributed by atoms with Gasteiger partial charge in [-0.05, 0) is 51.7 Å². The quantitative estimate of drug-likeness (QED) is 0.580. The summed E-state index contributed by atoms with van der Waals surface area (Å²) in [5.41, 5.74) is 3.26. The molecule has 1 heterocycles. The molecule has 0 bridgehead atoms. The summed E-state index contributed by atoms with van der Waals surface area (Å²) in [7, 11) is 0. The van der Waals surface area contributed by atoms with E-state index in [0.29, 0.717) is 11.9 Å². The van der Waals surface area contributed by atoms with E-state index in [4.69, 9.17) is 0 Å². The Bertz CT molecular complexity index is 833. The lowest BCUT2D eigenvalue weighted by molar-refractivity contribution is 0.869. The second-order valence-electron chi connectivity index (χ2n) is 5.74. The van der Waals surface area contributed by atoms with Crippen LogP contribution in [0.15, 0.2) is 65.3 Å². The zero-order chi connectivity index (χ0) is 16.9. The molecular weight excluding hydrogens is 364 g/mol. The van der Waals surface area contributed by atoms with E-state index in [1.807, 2.05) is 36.4 Å². The third kappa shape index (κ3) is 3.92. The predicted molar refractivity (Wildman–Crippen MR) is 103 cm³/mol. The highest BCUT2D eigenvalue weighted by Crippen LogP contribution is 2.27. The van der Waals surface area contributed by atoms with Crippen molar-refractivity contribution in [3.63, 3.8) is 0 Å². The molecule has 24 heavy (non-hydrogen) atoms. The normalized spacial score (nSPS) is 10.7. The number of benzene rings is 2. The van der Waals surface area contributed by atoms with Crippen molar-refractivity contribution in [1.29, 1.82) is 0 Å². The number of rotatable bonds is 5. The van der Waals surface area contributed by atoms with Gasteiger partial charge in [0.15, 0.2) is 0 Å². The summed E-state index contributed by atoms with van der Waals surface area (Å²) in [4.78, 5) is 8.84. The third-order valence-electron chi connectivity index (χ3n) is 3.62. The Balaban J connectivity index is 1.83. The summed E-state index contributed by atoms with van der Waals surface area (Å²) in [6.07, 6.45) is 1.74. The Morgan fingerprint density at radius 3 is 2.33 bits per heavy atom. The molecule has 3 rings (SSSR count). The van der Waals surface area contributed by atoms with Crippen molar-refractivity contribution >= 4 is 39.1 Å². The van der Waals surface area contributed by atoms with E-state index < -0.39 is 0 Å². The average molecular weight is 383 g/mol. The van der Waals surface area contributed by atoms with E-state index in [1.54, 1.807) is 6.20 Å². The molecule has 0 aliphatic heterocycles. The highest BCUT2D eigenvalue weighted by Gasteiger charge is 2.08. The Morgan fingerprint density at radius 1 is 0.875 bits per heavy atom. The Kier molecular flexibility index (Phi) is 5.11. The molecule has 3 aromatic rings. The minimum absolute atomic E-state index is 0.438. The van der Waals surface area contributed by atoms with Gasteiger partial charge in [0, 0.05) is 16.4 Å². The lowest BCUT2D eigenvalue weighted by atomic mass is 10.0. The van der Waals surface area contributed by atoms with Gasteiger partial charge in [0.1, 0.15) is 5.82 Å². The first-order valence-corrected chi connectivity index (χ1v) is 8.63. The number of nitrogens with one attached hydrogen (secondary N) is 2. The summed E-state index contributed by atoms with van der Waals surface area (Å²) >= 11 is 3.52. The van der Waals surface area contributed by atoms with Crippen LogP contribution in [0.3, 0.4) is 0 Å². The van der Waals surface area contributed by atoms with Crippen molar-refractivity contribution in [2.45, 2.75) is 19.8 Å². The Labute approximate surface area is 150 Å². The minimum Gasteiger partial charge on any atom is -0.340 e. The average Bonchev–Trinajstić information content (AvgIpc) is 2.58. The lowest BCUT2D eigenvalue weighted by Crippen LogP contribution is -2.02. The van der Waals surface area contributed by atoms with Crippen molar-refractivity contribution in [1.82, 2.24) is 9.97 Å². The molecule has 4 nitrogen and oxygen atoms in total. The molecule has 2 aromatic carbocycles. The molecular formula is C19H19BrN4. The number of halogens is 1. The monoisotopic (exact) mass is 382 g/mol. The first-order chi connectivity index (χ1) is 11.6. The van der Waals surface area contributed by atoms with Crippen molar-refractivity contribution in [3.05, 3.63) is 70.8 Å². The van der Waals surface area contributed by atoms with Gasteiger partial charge < -0.3 is 10.6 Å². The molecule has 0 spiro atoms. The third-order valence-corrected chi connectivity index (χ3v) is 4.31. The van der Waals surface area contributed by atoms with Crippen LogP contribution in [0.1, 0.15) is 25.3 Å². The van der Waals surface area contributed by atoms with Crippen molar-refractivity contribution < 1.29 is 0 Å². The maximum absolute atomic E-state index is 4.55. The molecule has 0 atom stereocenters. The van der Waals surface area contributed by atoms with Crippen molar-refractivity contribution in [2.75, 3.05) is 10.6 Å². The summed E-state index contributed by atoms with van der Waals surface area (Å²) < 4.78 is 0.970. The van der Waals surface area contributed by atoms with Gasteiger partial charge in [-0.2, -0.15) is 4.98 Å². The highest BCUT2D eigenvalue weighted by atomic mass is 79.9. The van der Waals surface area contributed by atoms with E-state index in [-0.39, 0.29) is 0 Å². The fourth-order valence-electron chi connectivity index (χ4n) is 2.42. The maximum Gasteiger partial charge on any atom is 0.229 e. The molecule has 0 unspecified atom stereocenters. The first-order valence-electron chi connectivity index (χ1n) is 7.84. The van der Waals surface area contributed by atoms with Crippen LogP contribution < -0.4 is 10.6 Å². The van der Waals surface area contributed by atoms with Gasteiger partial charge in [-0.25, -0.2) is 4.98 Å². The second-order valence-corrected chi connectivity index (χ2v) is 6.59. The summed E-state index contributed by atoms with van der Waals surface area (Å²) in [6.45, 7) is 4.36. The van der Waals surface area contributed by atoms with Crippen molar-refractivity contribution in [2.24, 2.45) is 0 Å². The van der Waals surface area contributed by atoms with Crippen LogP contribution in [0.5, 0.6) is 0 Å². The van der Waals surface area contributed by atoms with Gasteiger partial charge in [0.05, 0.1) is 5.69 Å². The number of hydrogen-bond acceptors (Lipinski definition) is 4. The van der Waals surface area contributed by atoms with Crippen LogP contribution in [0.2, 0.25) is 0 Å².